The molecule has 0 N–H and O–H groups in total. The molecule has 6 heteroatoms. The topological polar surface area (TPSA) is 17.8 Å². The molecular weight excluding hydrogens is 216 g/mol. The van der Waals surface area contributed by atoms with Crippen molar-refractivity contribution in [1.29, 1.82) is 0 Å². The number of hydrogen-bond acceptors (Lipinski definition) is 1. The fourth-order valence-electron chi connectivity index (χ4n) is 1.48. The molecule has 0 saturated heterocycles. The van der Waals surface area contributed by atoms with Crippen LogP contribution in [0.25, 0.3) is 0 Å². The summed E-state index contributed by atoms with van der Waals surface area (Å²) in [6.07, 6.45) is 3.31. The average molecular weight is 225 g/mol. The van der Waals surface area contributed by atoms with Gasteiger partial charge < -0.3 is 12.9 Å². The van der Waals surface area contributed by atoms with Crippen molar-refractivity contribution in [1.82, 2.24) is 9.78 Å². The van der Waals surface area contributed by atoms with Gasteiger partial charge in [0.15, 0.2) is 0 Å². The Hall–Kier alpha value is -1.72. The van der Waals surface area contributed by atoms with E-state index in [0.29, 0.717) is 12.1 Å². The van der Waals surface area contributed by atoms with E-state index in [1.54, 1.807) is 29.2 Å². The van der Waals surface area contributed by atoms with Crippen molar-refractivity contribution in [2.45, 2.75) is 6.54 Å². The van der Waals surface area contributed by atoms with Gasteiger partial charge in [0.05, 0.1) is 6.54 Å². The minimum Gasteiger partial charge on any atom is -0.445 e. The molecule has 1 heterocycles. The minimum absolute atomic E-state index is 0.354. The normalized spacial score (nSPS) is 11.7. The van der Waals surface area contributed by atoms with Crippen LogP contribution < -0.4 is 5.46 Å². The van der Waals surface area contributed by atoms with Crippen LogP contribution >= 0.6 is 0 Å². The Morgan fingerprint density at radius 1 is 1.19 bits per heavy atom. The number of halogens is 3. The maximum atomic E-state index is 12.5. The lowest BCUT2D eigenvalue weighted by atomic mass is 9.79. The molecule has 2 rings (SSSR count). The van der Waals surface area contributed by atoms with E-state index in [0.717, 1.165) is 6.07 Å². The highest BCUT2D eigenvalue weighted by atomic mass is 19.4. The summed E-state index contributed by atoms with van der Waals surface area (Å²) in [6, 6.07) is 7.07. The summed E-state index contributed by atoms with van der Waals surface area (Å²) in [5, 5.41) is 3.94. The second kappa shape index (κ2) is 4.04. The first kappa shape index (κ1) is 10.8. The minimum atomic E-state index is -4.92. The molecule has 0 aliphatic heterocycles. The van der Waals surface area contributed by atoms with Crippen LogP contribution in [0.3, 0.4) is 0 Å². The molecule has 0 fully saturated rings. The molecule has 0 unspecified atom stereocenters. The summed E-state index contributed by atoms with van der Waals surface area (Å²) in [4.78, 5) is 0. The number of benzene rings is 1. The van der Waals surface area contributed by atoms with E-state index < -0.39 is 12.4 Å². The molecular formula is C10H9BF3N2-. The summed E-state index contributed by atoms with van der Waals surface area (Å²) in [5.74, 6) is 0. The predicted molar refractivity (Wildman–Crippen MR) is 56.5 cm³/mol. The van der Waals surface area contributed by atoms with Gasteiger partial charge in [0.1, 0.15) is 0 Å². The zero-order valence-corrected chi connectivity index (χ0v) is 8.35. The largest absolute Gasteiger partial charge is 0.509 e. The van der Waals surface area contributed by atoms with Crippen LogP contribution in [0.1, 0.15) is 5.56 Å². The van der Waals surface area contributed by atoms with E-state index in [-0.39, 0.29) is 0 Å². The number of nitrogens with zero attached hydrogens (tertiary/aromatic N) is 2. The lowest BCUT2D eigenvalue weighted by Gasteiger charge is -2.15. The van der Waals surface area contributed by atoms with Crippen molar-refractivity contribution in [2.75, 3.05) is 0 Å². The molecule has 1 aromatic carbocycles. The van der Waals surface area contributed by atoms with E-state index in [1.165, 1.54) is 12.1 Å². The standard InChI is InChI=1S/C10H9BF3N2/c12-11(13,14)10-4-1-3-9(7-10)8-16-6-2-5-15-16/h1-7H,8H2/q-1. The van der Waals surface area contributed by atoms with Crippen molar-refractivity contribution in [3.05, 3.63) is 48.3 Å². The van der Waals surface area contributed by atoms with Crippen LogP contribution in [0, 0.1) is 0 Å². The molecule has 0 radical (unpaired) electrons. The number of hydrogen-bond donors (Lipinski definition) is 0. The molecule has 0 aliphatic carbocycles. The molecule has 84 valence electrons. The maximum absolute atomic E-state index is 12.5. The third-order valence-corrected chi connectivity index (χ3v) is 2.23. The SMILES string of the molecule is F[B-](F)(F)c1cccc(Cn2cccn2)c1. The van der Waals surface area contributed by atoms with Crippen LogP contribution in [-0.2, 0) is 6.54 Å². The Morgan fingerprint density at radius 2 is 2.00 bits per heavy atom. The van der Waals surface area contributed by atoms with Crippen LogP contribution in [0.2, 0.25) is 0 Å². The summed E-state index contributed by atoms with van der Waals surface area (Å²) >= 11 is 0. The maximum Gasteiger partial charge on any atom is 0.509 e. The van der Waals surface area contributed by atoms with Crippen molar-refractivity contribution < 1.29 is 12.9 Å². The van der Waals surface area contributed by atoms with E-state index in [1.807, 2.05) is 0 Å². The van der Waals surface area contributed by atoms with Gasteiger partial charge in [-0.2, -0.15) is 5.10 Å². The Kier molecular flexibility index (Phi) is 2.72. The zero-order valence-electron chi connectivity index (χ0n) is 8.35. The lowest BCUT2D eigenvalue weighted by molar-refractivity contribution is 0.501. The molecule has 16 heavy (non-hydrogen) atoms. The second-order valence-corrected chi connectivity index (χ2v) is 3.52. The van der Waals surface area contributed by atoms with Crippen molar-refractivity contribution >= 4 is 12.4 Å². The Balaban J connectivity index is 2.23. The van der Waals surface area contributed by atoms with E-state index in [4.69, 9.17) is 0 Å². The zero-order chi connectivity index (χ0) is 11.6. The highest BCUT2D eigenvalue weighted by Crippen LogP contribution is 2.10. The number of rotatable bonds is 3. The molecule has 0 aliphatic rings. The van der Waals surface area contributed by atoms with Crippen molar-refractivity contribution in [3.8, 4) is 0 Å². The predicted octanol–water partition coefficient (Wildman–Crippen LogP) is 1.99. The fourth-order valence-corrected chi connectivity index (χ4v) is 1.48. The molecule has 0 saturated carbocycles. The third-order valence-electron chi connectivity index (χ3n) is 2.23. The van der Waals surface area contributed by atoms with Gasteiger partial charge in [-0.15, -0.1) is 5.46 Å². The molecule has 0 amide bonds. The van der Waals surface area contributed by atoms with E-state index in [2.05, 4.69) is 5.10 Å². The molecule has 0 atom stereocenters. The van der Waals surface area contributed by atoms with Crippen LogP contribution in [0.4, 0.5) is 12.9 Å². The van der Waals surface area contributed by atoms with Gasteiger partial charge in [-0.25, -0.2) is 0 Å². The molecule has 2 nitrogen and oxygen atoms in total. The first-order valence-electron chi connectivity index (χ1n) is 4.82. The third kappa shape index (κ3) is 2.45. The molecule has 1 aromatic heterocycles. The van der Waals surface area contributed by atoms with E-state index >= 15 is 0 Å². The fraction of sp³-hybridized carbons (Fsp3) is 0.100. The number of aromatic nitrogens is 2. The first-order valence-corrected chi connectivity index (χ1v) is 4.82. The Labute approximate surface area is 90.8 Å². The smallest absolute Gasteiger partial charge is 0.445 e. The summed E-state index contributed by atoms with van der Waals surface area (Å²) in [6.45, 7) is -4.57. The van der Waals surface area contributed by atoms with Gasteiger partial charge in [0.2, 0.25) is 0 Å². The monoisotopic (exact) mass is 225 g/mol. The van der Waals surface area contributed by atoms with Gasteiger partial charge in [-0.1, -0.05) is 24.3 Å². The summed E-state index contributed by atoms with van der Waals surface area (Å²) in [7, 11) is 0. The Bertz CT molecular complexity index is 465. The summed E-state index contributed by atoms with van der Waals surface area (Å²) < 4.78 is 39.0. The second-order valence-electron chi connectivity index (χ2n) is 3.52. The Morgan fingerprint density at radius 3 is 2.62 bits per heavy atom. The quantitative estimate of drug-likeness (QED) is 0.730. The van der Waals surface area contributed by atoms with Crippen LogP contribution in [-0.4, -0.2) is 16.8 Å². The van der Waals surface area contributed by atoms with E-state index in [9.17, 15) is 12.9 Å². The van der Waals surface area contributed by atoms with Crippen molar-refractivity contribution in [3.63, 3.8) is 0 Å². The van der Waals surface area contributed by atoms with Crippen LogP contribution in [0.5, 0.6) is 0 Å². The highest BCUT2D eigenvalue weighted by Gasteiger charge is 2.25. The molecule has 0 bridgehead atoms. The molecule has 2 aromatic rings. The summed E-state index contributed by atoms with van der Waals surface area (Å²) in [5.41, 5.74) is 0.0325. The first-order chi connectivity index (χ1) is 7.55. The van der Waals surface area contributed by atoms with Gasteiger partial charge in [-0.05, 0) is 11.6 Å². The molecule has 0 spiro atoms. The highest BCUT2D eigenvalue weighted by molar-refractivity contribution is 6.73. The van der Waals surface area contributed by atoms with Crippen molar-refractivity contribution in [2.24, 2.45) is 0 Å². The van der Waals surface area contributed by atoms with Gasteiger partial charge in [-0.3, -0.25) is 4.68 Å². The van der Waals surface area contributed by atoms with Gasteiger partial charge in [0, 0.05) is 12.4 Å². The van der Waals surface area contributed by atoms with Crippen LogP contribution in [0.15, 0.2) is 42.7 Å². The van der Waals surface area contributed by atoms with Gasteiger partial charge >= 0.3 is 6.98 Å². The lowest BCUT2D eigenvalue weighted by Crippen LogP contribution is -2.34. The average Bonchev–Trinajstić information content (AvgIpc) is 2.70. The van der Waals surface area contributed by atoms with Gasteiger partial charge in [0.25, 0.3) is 0 Å².